The number of nitrogens with zero attached hydrogens (tertiary/aromatic N) is 1. The molecule has 2 rings (SSSR count). The van der Waals surface area contributed by atoms with E-state index in [1.807, 2.05) is 12.1 Å². The molecule has 0 atom stereocenters. The van der Waals surface area contributed by atoms with Crippen LogP contribution in [-0.2, 0) is 11.2 Å². The molecular weight excluding hydrogens is 296 g/mol. The summed E-state index contributed by atoms with van der Waals surface area (Å²) < 4.78 is 5.49. The Bertz CT molecular complexity index is 679. The van der Waals surface area contributed by atoms with Gasteiger partial charge in [0.1, 0.15) is 11.6 Å². The molecular formula is C17H20N2O4. The number of imidazole rings is 1. The van der Waals surface area contributed by atoms with Gasteiger partial charge in [0.15, 0.2) is 6.29 Å². The Kier molecular flexibility index (Phi) is 5.91. The van der Waals surface area contributed by atoms with E-state index in [4.69, 9.17) is 9.84 Å². The second kappa shape index (κ2) is 8.12. The zero-order valence-electron chi connectivity index (χ0n) is 13.0. The lowest BCUT2D eigenvalue weighted by Crippen LogP contribution is -2.05. The van der Waals surface area contributed by atoms with Crippen molar-refractivity contribution < 1.29 is 19.4 Å². The van der Waals surface area contributed by atoms with Gasteiger partial charge in [-0.15, -0.1) is 0 Å². The molecule has 0 saturated heterocycles. The minimum absolute atomic E-state index is 0.0348. The van der Waals surface area contributed by atoms with Gasteiger partial charge in [-0.05, 0) is 36.6 Å². The largest absolute Gasteiger partial charge is 0.493 e. The molecule has 1 heterocycles. The molecule has 1 aromatic carbocycles. The van der Waals surface area contributed by atoms with Gasteiger partial charge >= 0.3 is 5.97 Å². The number of aryl methyl sites for hydroxylation is 1. The van der Waals surface area contributed by atoms with Crippen molar-refractivity contribution in [1.29, 1.82) is 0 Å². The molecule has 23 heavy (non-hydrogen) atoms. The van der Waals surface area contributed by atoms with Crippen LogP contribution in [0.25, 0.3) is 11.4 Å². The van der Waals surface area contributed by atoms with Gasteiger partial charge in [-0.25, -0.2) is 4.98 Å². The highest BCUT2D eigenvalue weighted by atomic mass is 16.5. The molecule has 0 spiro atoms. The van der Waals surface area contributed by atoms with Crippen LogP contribution in [0.5, 0.6) is 5.75 Å². The standard InChI is InChI=1S/C17H20N2O4/c1-2-3-4-12-9-14(23-8-7-16(21)22)5-6-15(12)17-18-10-13(11-20)19-17/h5-6,9-11H,2-4,7-8H2,1H3,(H,18,19)(H,21,22). The molecule has 6 heteroatoms. The molecule has 0 bridgehead atoms. The van der Waals surface area contributed by atoms with Crippen molar-refractivity contribution in [2.75, 3.05) is 6.61 Å². The number of carbonyl (C=O) groups excluding carboxylic acids is 1. The van der Waals surface area contributed by atoms with Gasteiger partial charge in [-0.3, -0.25) is 9.59 Å². The summed E-state index contributed by atoms with van der Waals surface area (Å²) in [6, 6.07) is 5.58. The smallest absolute Gasteiger partial charge is 0.306 e. The summed E-state index contributed by atoms with van der Waals surface area (Å²) in [7, 11) is 0. The number of hydrogen-bond acceptors (Lipinski definition) is 4. The van der Waals surface area contributed by atoms with E-state index in [1.165, 1.54) is 6.20 Å². The van der Waals surface area contributed by atoms with Crippen molar-refractivity contribution in [3.8, 4) is 17.1 Å². The Balaban J connectivity index is 2.22. The predicted molar refractivity (Wildman–Crippen MR) is 85.8 cm³/mol. The van der Waals surface area contributed by atoms with Crippen LogP contribution in [0.1, 0.15) is 42.2 Å². The van der Waals surface area contributed by atoms with Crippen LogP contribution in [0.15, 0.2) is 24.4 Å². The summed E-state index contributed by atoms with van der Waals surface area (Å²) in [6.07, 6.45) is 5.13. The van der Waals surface area contributed by atoms with E-state index < -0.39 is 5.97 Å². The molecule has 0 radical (unpaired) electrons. The van der Waals surface area contributed by atoms with Crippen molar-refractivity contribution in [2.45, 2.75) is 32.6 Å². The van der Waals surface area contributed by atoms with Crippen LogP contribution in [0.4, 0.5) is 0 Å². The van der Waals surface area contributed by atoms with Crippen LogP contribution in [-0.4, -0.2) is 33.9 Å². The Morgan fingerprint density at radius 3 is 2.91 bits per heavy atom. The number of unbranched alkanes of at least 4 members (excludes halogenated alkanes) is 1. The third-order valence-electron chi connectivity index (χ3n) is 3.44. The Labute approximate surface area is 134 Å². The lowest BCUT2D eigenvalue weighted by atomic mass is 10.0. The minimum atomic E-state index is -0.884. The van der Waals surface area contributed by atoms with Crippen molar-refractivity contribution in [1.82, 2.24) is 9.97 Å². The molecule has 6 nitrogen and oxygen atoms in total. The number of aliphatic carboxylic acids is 1. The molecule has 2 N–H and O–H groups in total. The molecule has 0 aliphatic carbocycles. The number of benzene rings is 1. The van der Waals surface area contributed by atoms with Crippen LogP contribution in [0, 0.1) is 0 Å². The fourth-order valence-electron chi connectivity index (χ4n) is 2.25. The predicted octanol–water partition coefficient (Wildman–Crippen LogP) is 3.09. The first-order valence-electron chi connectivity index (χ1n) is 7.62. The molecule has 0 amide bonds. The number of hydrogen-bond donors (Lipinski definition) is 2. The summed E-state index contributed by atoms with van der Waals surface area (Å²) in [5.74, 6) is 0.406. The van der Waals surface area contributed by atoms with Crippen molar-refractivity contribution >= 4 is 12.3 Å². The van der Waals surface area contributed by atoms with E-state index in [0.29, 0.717) is 17.3 Å². The maximum absolute atomic E-state index is 10.8. The van der Waals surface area contributed by atoms with Gasteiger partial charge < -0.3 is 14.8 Å². The third kappa shape index (κ3) is 4.67. The topological polar surface area (TPSA) is 92.3 Å². The summed E-state index contributed by atoms with van der Waals surface area (Å²) in [5, 5.41) is 8.66. The lowest BCUT2D eigenvalue weighted by molar-refractivity contribution is -0.137. The van der Waals surface area contributed by atoms with Crippen LogP contribution >= 0.6 is 0 Å². The fraction of sp³-hybridized carbons (Fsp3) is 0.353. The number of nitrogens with one attached hydrogen (secondary N) is 1. The molecule has 2 aromatic rings. The Hall–Kier alpha value is -2.63. The van der Waals surface area contributed by atoms with Gasteiger partial charge in [0.05, 0.1) is 24.9 Å². The van der Waals surface area contributed by atoms with Gasteiger partial charge in [0, 0.05) is 5.56 Å². The SMILES string of the molecule is CCCCc1cc(OCCC(=O)O)ccc1-c1ncc(C=O)[nH]1. The molecule has 122 valence electrons. The average molecular weight is 316 g/mol. The third-order valence-corrected chi connectivity index (χ3v) is 3.44. The Morgan fingerprint density at radius 1 is 1.43 bits per heavy atom. The van der Waals surface area contributed by atoms with E-state index in [-0.39, 0.29) is 13.0 Å². The second-order valence-corrected chi connectivity index (χ2v) is 5.22. The molecule has 1 aromatic heterocycles. The van der Waals surface area contributed by atoms with Gasteiger partial charge in [-0.2, -0.15) is 0 Å². The first-order chi connectivity index (χ1) is 11.1. The van der Waals surface area contributed by atoms with Gasteiger partial charge in [0.2, 0.25) is 0 Å². The lowest BCUT2D eigenvalue weighted by Gasteiger charge is -2.11. The molecule has 0 saturated carbocycles. The second-order valence-electron chi connectivity index (χ2n) is 5.22. The number of carbonyl (C=O) groups is 2. The van der Waals surface area contributed by atoms with E-state index >= 15 is 0 Å². The summed E-state index contributed by atoms with van der Waals surface area (Å²) in [5.41, 5.74) is 2.42. The first-order valence-corrected chi connectivity index (χ1v) is 7.62. The molecule has 0 unspecified atom stereocenters. The highest BCUT2D eigenvalue weighted by Gasteiger charge is 2.11. The maximum atomic E-state index is 10.8. The number of aldehydes is 1. The van der Waals surface area contributed by atoms with Gasteiger partial charge in [-0.1, -0.05) is 13.3 Å². The van der Waals surface area contributed by atoms with E-state index in [9.17, 15) is 9.59 Å². The van der Waals surface area contributed by atoms with Crippen LogP contribution in [0.3, 0.4) is 0 Å². The number of ether oxygens (including phenoxy) is 1. The zero-order valence-corrected chi connectivity index (χ0v) is 13.0. The molecule has 0 aliphatic rings. The summed E-state index contributed by atoms with van der Waals surface area (Å²) >= 11 is 0. The zero-order chi connectivity index (χ0) is 16.7. The quantitative estimate of drug-likeness (QED) is 0.694. The van der Waals surface area contributed by atoms with Gasteiger partial charge in [0.25, 0.3) is 0 Å². The number of aromatic amines is 1. The average Bonchev–Trinajstić information content (AvgIpc) is 3.01. The highest BCUT2D eigenvalue weighted by Crippen LogP contribution is 2.27. The number of rotatable bonds is 9. The van der Waals surface area contributed by atoms with Crippen molar-refractivity contribution in [3.63, 3.8) is 0 Å². The summed E-state index contributed by atoms with van der Waals surface area (Å²) in [6.45, 7) is 2.25. The normalized spacial score (nSPS) is 10.5. The molecule has 0 fully saturated rings. The highest BCUT2D eigenvalue weighted by molar-refractivity contribution is 5.74. The van der Waals surface area contributed by atoms with E-state index in [0.717, 1.165) is 36.7 Å². The first kappa shape index (κ1) is 16.7. The van der Waals surface area contributed by atoms with Crippen LogP contribution in [0.2, 0.25) is 0 Å². The Morgan fingerprint density at radius 2 is 2.26 bits per heavy atom. The van der Waals surface area contributed by atoms with Crippen molar-refractivity contribution in [2.24, 2.45) is 0 Å². The van der Waals surface area contributed by atoms with Crippen LogP contribution < -0.4 is 4.74 Å². The van der Waals surface area contributed by atoms with E-state index in [1.54, 1.807) is 6.07 Å². The number of carboxylic acid groups (broad SMARTS) is 1. The minimum Gasteiger partial charge on any atom is -0.493 e. The van der Waals surface area contributed by atoms with Crippen molar-refractivity contribution in [3.05, 3.63) is 35.7 Å². The van der Waals surface area contributed by atoms with E-state index in [2.05, 4.69) is 16.9 Å². The molecule has 0 aliphatic heterocycles. The maximum Gasteiger partial charge on any atom is 0.306 e. The monoisotopic (exact) mass is 316 g/mol. The number of H-pyrrole nitrogens is 1. The number of aromatic nitrogens is 2. The summed E-state index contributed by atoms with van der Waals surface area (Å²) in [4.78, 5) is 28.6. The fourth-order valence-corrected chi connectivity index (χ4v) is 2.25. The number of carboxylic acids is 1.